The maximum absolute atomic E-state index is 3.58. The third kappa shape index (κ3) is 9.08. The van der Waals surface area contributed by atoms with E-state index in [-0.39, 0.29) is 5.54 Å². The van der Waals surface area contributed by atoms with Crippen LogP contribution in [0.3, 0.4) is 0 Å². The fraction of sp³-hybridized carbons (Fsp3) is 0.867. The molecule has 0 amide bonds. The van der Waals surface area contributed by atoms with E-state index in [0.717, 1.165) is 0 Å². The van der Waals surface area contributed by atoms with Gasteiger partial charge in [0.15, 0.2) is 0 Å². The highest BCUT2D eigenvalue weighted by Crippen LogP contribution is 2.21. The maximum atomic E-state index is 3.58. The summed E-state index contributed by atoms with van der Waals surface area (Å²) in [4.78, 5) is 0. The summed E-state index contributed by atoms with van der Waals surface area (Å²) in [6, 6.07) is 0.506. The van der Waals surface area contributed by atoms with Gasteiger partial charge in [-0.3, -0.25) is 0 Å². The van der Waals surface area contributed by atoms with Gasteiger partial charge in [0.05, 0.1) is 0 Å². The van der Waals surface area contributed by atoms with Crippen molar-refractivity contribution in [2.75, 3.05) is 0 Å². The van der Waals surface area contributed by atoms with Crippen LogP contribution in [0.15, 0.2) is 11.4 Å². The molecule has 0 spiro atoms. The van der Waals surface area contributed by atoms with Crippen LogP contribution in [-0.4, -0.2) is 11.6 Å². The van der Waals surface area contributed by atoms with E-state index in [4.69, 9.17) is 0 Å². The van der Waals surface area contributed by atoms with Crippen molar-refractivity contribution in [2.45, 2.75) is 80.3 Å². The summed E-state index contributed by atoms with van der Waals surface area (Å²) in [6.07, 6.45) is 1.17. The lowest BCUT2D eigenvalue weighted by Crippen LogP contribution is -2.37. The van der Waals surface area contributed by atoms with Crippen LogP contribution >= 0.6 is 0 Å². The summed E-state index contributed by atoms with van der Waals surface area (Å²) in [5.74, 6) is 0. The molecule has 2 nitrogen and oxygen atoms in total. The van der Waals surface area contributed by atoms with Crippen LogP contribution in [0.2, 0.25) is 0 Å². The first-order valence-corrected chi connectivity index (χ1v) is 6.63. The molecule has 17 heavy (non-hydrogen) atoms. The molecule has 0 heterocycles. The van der Waals surface area contributed by atoms with Crippen LogP contribution in [0.25, 0.3) is 0 Å². The normalized spacial score (nSPS) is 16.3. The minimum absolute atomic E-state index is 0.125. The summed E-state index contributed by atoms with van der Waals surface area (Å²) in [6.45, 7) is 19.9. The van der Waals surface area contributed by atoms with Crippen molar-refractivity contribution in [3.63, 3.8) is 0 Å². The molecular formula is C15H32N2. The lowest BCUT2D eigenvalue weighted by Gasteiger charge is -2.28. The fourth-order valence-corrected chi connectivity index (χ4v) is 2.10. The van der Waals surface area contributed by atoms with Crippen LogP contribution in [0.4, 0.5) is 0 Å². The van der Waals surface area contributed by atoms with E-state index in [1.54, 1.807) is 0 Å². The summed E-state index contributed by atoms with van der Waals surface area (Å²) >= 11 is 0. The zero-order valence-corrected chi connectivity index (χ0v) is 13.3. The van der Waals surface area contributed by atoms with Gasteiger partial charge in [-0.15, -0.1) is 0 Å². The molecule has 0 saturated heterocycles. The van der Waals surface area contributed by atoms with E-state index in [0.29, 0.717) is 11.5 Å². The molecule has 2 heteroatoms. The Hall–Kier alpha value is -0.660. The Kier molecular flexibility index (Phi) is 5.57. The van der Waals surface area contributed by atoms with Gasteiger partial charge in [0, 0.05) is 23.0 Å². The van der Waals surface area contributed by atoms with Gasteiger partial charge in [-0.05, 0) is 53.4 Å². The van der Waals surface area contributed by atoms with Crippen molar-refractivity contribution in [1.29, 1.82) is 0 Å². The van der Waals surface area contributed by atoms with Crippen molar-refractivity contribution in [1.82, 2.24) is 10.6 Å². The van der Waals surface area contributed by atoms with Gasteiger partial charge in [-0.2, -0.15) is 0 Å². The Labute approximate surface area is 108 Å². The minimum atomic E-state index is 0.125. The van der Waals surface area contributed by atoms with Crippen LogP contribution in [0.5, 0.6) is 0 Å². The smallest absolute Gasteiger partial charge is 0.0286 e. The predicted octanol–water partition coefficient (Wildman–Crippen LogP) is 4.04. The molecule has 102 valence electrons. The zero-order valence-electron chi connectivity index (χ0n) is 13.3. The number of hydrogen-bond donors (Lipinski definition) is 2. The van der Waals surface area contributed by atoms with Crippen LogP contribution in [0.1, 0.15) is 68.7 Å². The highest BCUT2D eigenvalue weighted by Gasteiger charge is 2.16. The van der Waals surface area contributed by atoms with Gasteiger partial charge in [-0.25, -0.2) is 0 Å². The second-order valence-corrected chi connectivity index (χ2v) is 7.44. The summed E-state index contributed by atoms with van der Waals surface area (Å²) in [5, 5.41) is 7.08. The standard InChI is InChI=1S/C15H32N2/c1-11(10-14(4,5)6)16-12(2)13(3)17-15(7,8)9/h11,16-17H,10H2,1-9H3/b13-12+. The third-order valence-corrected chi connectivity index (χ3v) is 2.51. The topological polar surface area (TPSA) is 24.1 Å². The Morgan fingerprint density at radius 1 is 0.941 bits per heavy atom. The molecule has 2 N–H and O–H groups in total. The predicted molar refractivity (Wildman–Crippen MR) is 77.9 cm³/mol. The van der Waals surface area contributed by atoms with Crippen LogP contribution in [0, 0.1) is 5.41 Å². The van der Waals surface area contributed by atoms with Gasteiger partial charge >= 0.3 is 0 Å². The fourth-order valence-electron chi connectivity index (χ4n) is 2.10. The third-order valence-electron chi connectivity index (χ3n) is 2.51. The van der Waals surface area contributed by atoms with Gasteiger partial charge in [0.25, 0.3) is 0 Å². The molecule has 0 aliphatic rings. The van der Waals surface area contributed by atoms with E-state index >= 15 is 0 Å². The van der Waals surface area contributed by atoms with Crippen molar-refractivity contribution < 1.29 is 0 Å². The molecular weight excluding hydrogens is 208 g/mol. The number of allylic oxidation sites excluding steroid dienone is 2. The lowest BCUT2D eigenvalue weighted by atomic mass is 9.88. The van der Waals surface area contributed by atoms with E-state index in [9.17, 15) is 0 Å². The Bertz CT molecular complexity index is 264. The summed E-state index contributed by atoms with van der Waals surface area (Å²) in [5.41, 5.74) is 2.98. The summed E-state index contributed by atoms with van der Waals surface area (Å²) < 4.78 is 0. The monoisotopic (exact) mass is 240 g/mol. The van der Waals surface area contributed by atoms with Crippen LogP contribution in [-0.2, 0) is 0 Å². The molecule has 0 aliphatic carbocycles. The number of rotatable bonds is 4. The SMILES string of the molecule is C/C(NC(C)CC(C)(C)C)=C(/C)NC(C)(C)C. The van der Waals surface area contributed by atoms with Crippen LogP contribution < -0.4 is 10.6 Å². The number of nitrogens with one attached hydrogen (secondary N) is 2. The van der Waals surface area contributed by atoms with E-state index in [2.05, 4.69) is 72.9 Å². The molecule has 0 aromatic heterocycles. The molecule has 0 aromatic rings. The van der Waals surface area contributed by atoms with E-state index in [1.807, 2.05) is 0 Å². The molecule has 0 rings (SSSR count). The molecule has 0 aliphatic heterocycles. The first-order valence-electron chi connectivity index (χ1n) is 6.63. The second kappa shape index (κ2) is 5.79. The Balaban J connectivity index is 4.42. The van der Waals surface area contributed by atoms with Crippen molar-refractivity contribution in [2.24, 2.45) is 5.41 Å². The molecule has 0 bridgehead atoms. The lowest BCUT2D eigenvalue weighted by molar-refractivity contribution is 0.328. The Morgan fingerprint density at radius 2 is 1.41 bits per heavy atom. The number of hydrogen-bond acceptors (Lipinski definition) is 2. The highest BCUT2D eigenvalue weighted by atomic mass is 15.0. The van der Waals surface area contributed by atoms with Crippen molar-refractivity contribution in [3.05, 3.63) is 11.4 Å². The van der Waals surface area contributed by atoms with Crippen molar-refractivity contribution >= 4 is 0 Å². The van der Waals surface area contributed by atoms with Gasteiger partial charge < -0.3 is 10.6 Å². The second-order valence-electron chi connectivity index (χ2n) is 7.44. The van der Waals surface area contributed by atoms with Crippen molar-refractivity contribution in [3.8, 4) is 0 Å². The zero-order chi connectivity index (χ0) is 13.9. The van der Waals surface area contributed by atoms with Gasteiger partial charge in [0.2, 0.25) is 0 Å². The maximum Gasteiger partial charge on any atom is 0.0286 e. The molecule has 0 fully saturated rings. The average molecular weight is 240 g/mol. The summed E-state index contributed by atoms with van der Waals surface area (Å²) in [7, 11) is 0. The van der Waals surface area contributed by atoms with Gasteiger partial charge in [0.1, 0.15) is 0 Å². The molecule has 1 unspecified atom stereocenters. The molecule has 1 atom stereocenters. The minimum Gasteiger partial charge on any atom is -0.385 e. The highest BCUT2D eigenvalue weighted by molar-refractivity contribution is 5.08. The first-order chi connectivity index (χ1) is 7.41. The first kappa shape index (κ1) is 16.3. The Morgan fingerprint density at radius 3 is 1.76 bits per heavy atom. The molecule has 0 aromatic carbocycles. The molecule has 0 radical (unpaired) electrons. The van der Waals surface area contributed by atoms with E-state index < -0.39 is 0 Å². The molecule has 0 saturated carbocycles. The average Bonchev–Trinajstić information content (AvgIpc) is 1.95. The quantitative estimate of drug-likeness (QED) is 0.775. The van der Waals surface area contributed by atoms with Gasteiger partial charge in [-0.1, -0.05) is 20.8 Å². The van der Waals surface area contributed by atoms with E-state index in [1.165, 1.54) is 17.8 Å². The largest absolute Gasteiger partial charge is 0.385 e.